The van der Waals surface area contributed by atoms with Crippen LogP contribution >= 0.6 is 11.6 Å². The van der Waals surface area contributed by atoms with Crippen molar-refractivity contribution in [2.45, 2.75) is 6.54 Å². The lowest BCUT2D eigenvalue weighted by Crippen LogP contribution is -2.29. The van der Waals surface area contributed by atoms with E-state index in [9.17, 15) is 14.0 Å². The number of fused-ring (bicyclic) bond motifs is 1. The summed E-state index contributed by atoms with van der Waals surface area (Å²) in [6, 6.07) is 4.10. The number of benzene rings is 1. The standard InChI is InChI=1S/C13H9ClFN3O2/c1-17-5-4-7(16-17)6-18-11-9(15)3-2-8(14)10(11)12(19)13(18)20/h2-5H,6H2,1H3. The Hall–Kier alpha value is -2.21. The summed E-state index contributed by atoms with van der Waals surface area (Å²) in [4.78, 5) is 25.0. The first kappa shape index (κ1) is 12.8. The van der Waals surface area contributed by atoms with Crippen molar-refractivity contribution < 1.29 is 14.0 Å². The maximum Gasteiger partial charge on any atom is 0.299 e. The number of carbonyl (C=O) groups excluding carboxylic acids is 2. The van der Waals surface area contributed by atoms with Crippen molar-refractivity contribution in [1.82, 2.24) is 9.78 Å². The topological polar surface area (TPSA) is 55.2 Å². The Morgan fingerprint density at radius 3 is 2.70 bits per heavy atom. The van der Waals surface area contributed by atoms with Crippen molar-refractivity contribution in [1.29, 1.82) is 0 Å². The number of amides is 1. The van der Waals surface area contributed by atoms with Crippen LogP contribution < -0.4 is 4.90 Å². The summed E-state index contributed by atoms with van der Waals surface area (Å²) in [5, 5.41) is 4.19. The Morgan fingerprint density at radius 1 is 1.30 bits per heavy atom. The second kappa shape index (κ2) is 4.42. The highest BCUT2D eigenvalue weighted by Gasteiger charge is 2.40. The molecule has 1 amide bonds. The number of hydrogen-bond acceptors (Lipinski definition) is 3. The molecule has 0 N–H and O–H groups in total. The third kappa shape index (κ3) is 1.80. The maximum absolute atomic E-state index is 13.9. The maximum atomic E-state index is 13.9. The van der Waals surface area contributed by atoms with Gasteiger partial charge < -0.3 is 0 Å². The zero-order valence-corrected chi connectivity index (χ0v) is 11.2. The lowest BCUT2D eigenvalue weighted by atomic mass is 10.1. The Kier molecular flexibility index (Phi) is 2.83. The molecule has 0 saturated heterocycles. The molecule has 1 aliphatic rings. The SMILES string of the molecule is Cn1ccc(CN2C(=O)C(=O)c3c(Cl)ccc(F)c32)n1. The molecule has 7 heteroatoms. The van der Waals surface area contributed by atoms with Gasteiger partial charge in [0, 0.05) is 13.2 Å². The fraction of sp³-hybridized carbons (Fsp3) is 0.154. The van der Waals surface area contributed by atoms with E-state index in [1.807, 2.05) is 0 Å². The molecular weight excluding hydrogens is 285 g/mol. The first-order valence-electron chi connectivity index (χ1n) is 5.81. The van der Waals surface area contributed by atoms with Gasteiger partial charge in [0.05, 0.1) is 28.5 Å². The molecule has 0 bridgehead atoms. The number of ketones is 1. The van der Waals surface area contributed by atoms with E-state index in [4.69, 9.17) is 11.6 Å². The summed E-state index contributed by atoms with van der Waals surface area (Å²) in [6.45, 7) is 0.0235. The number of anilines is 1. The number of carbonyl (C=O) groups is 2. The highest BCUT2D eigenvalue weighted by molar-refractivity contribution is 6.55. The highest BCUT2D eigenvalue weighted by atomic mass is 35.5. The predicted molar refractivity (Wildman–Crippen MR) is 70.1 cm³/mol. The fourth-order valence-electron chi connectivity index (χ4n) is 2.21. The van der Waals surface area contributed by atoms with Crippen molar-refractivity contribution in [3.05, 3.63) is 46.5 Å². The van der Waals surface area contributed by atoms with Gasteiger partial charge in [-0.15, -0.1) is 0 Å². The van der Waals surface area contributed by atoms with Crippen LogP contribution in [0.1, 0.15) is 16.1 Å². The number of aromatic nitrogens is 2. The number of Topliss-reactive ketones (excluding diaryl/α,β-unsaturated/α-hetero) is 1. The molecule has 1 aromatic carbocycles. The molecule has 1 aliphatic heterocycles. The van der Waals surface area contributed by atoms with Gasteiger partial charge >= 0.3 is 0 Å². The molecule has 0 spiro atoms. The lowest BCUT2D eigenvalue weighted by molar-refractivity contribution is -0.114. The quantitative estimate of drug-likeness (QED) is 0.795. The average molecular weight is 294 g/mol. The van der Waals surface area contributed by atoms with Crippen LogP contribution in [0.4, 0.5) is 10.1 Å². The van der Waals surface area contributed by atoms with Gasteiger partial charge in [-0.25, -0.2) is 4.39 Å². The zero-order valence-electron chi connectivity index (χ0n) is 10.4. The van der Waals surface area contributed by atoms with Crippen molar-refractivity contribution in [3.63, 3.8) is 0 Å². The molecule has 1 aromatic heterocycles. The van der Waals surface area contributed by atoms with Gasteiger partial charge in [-0.05, 0) is 18.2 Å². The average Bonchev–Trinajstić information content (AvgIpc) is 2.92. The predicted octanol–water partition coefficient (Wildman–Crippen LogP) is 1.94. The second-order valence-corrected chi connectivity index (χ2v) is 4.86. The molecule has 2 heterocycles. The van der Waals surface area contributed by atoms with E-state index < -0.39 is 17.5 Å². The van der Waals surface area contributed by atoms with Crippen LogP contribution in [0.2, 0.25) is 5.02 Å². The van der Waals surface area contributed by atoms with Crippen molar-refractivity contribution >= 4 is 29.0 Å². The molecule has 0 unspecified atom stereocenters. The molecule has 5 nitrogen and oxygen atoms in total. The third-order valence-electron chi connectivity index (χ3n) is 3.10. The number of nitrogens with zero attached hydrogens (tertiary/aromatic N) is 3. The first-order chi connectivity index (χ1) is 9.49. The molecule has 0 radical (unpaired) electrons. The van der Waals surface area contributed by atoms with Gasteiger partial charge in [-0.1, -0.05) is 11.6 Å². The first-order valence-corrected chi connectivity index (χ1v) is 6.19. The van der Waals surface area contributed by atoms with E-state index in [-0.39, 0.29) is 22.8 Å². The van der Waals surface area contributed by atoms with E-state index in [0.717, 1.165) is 11.0 Å². The summed E-state index contributed by atoms with van der Waals surface area (Å²) in [6.07, 6.45) is 1.70. The van der Waals surface area contributed by atoms with Crippen molar-refractivity contribution in [3.8, 4) is 0 Å². The number of aryl methyl sites for hydroxylation is 1. The highest BCUT2D eigenvalue weighted by Crippen LogP contribution is 2.37. The van der Waals surface area contributed by atoms with Gasteiger partial charge in [0.15, 0.2) is 0 Å². The van der Waals surface area contributed by atoms with Gasteiger partial charge in [-0.3, -0.25) is 19.2 Å². The second-order valence-electron chi connectivity index (χ2n) is 4.45. The summed E-state index contributed by atoms with van der Waals surface area (Å²) in [7, 11) is 1.73. The largest absolute Gasteiger partial charge is 0.299 e. The van der Waals surface area contributed by atoms with Crippen LogP contribution in [0.3, 0.4) is 0 Å². The summed E-state index contributed by atoms with van der Waals surface area (Å²) in [5.41, 5.74) is 0.409. The molecule has 0 atom stereocenters. The van der Waals surface area contributed by atoms with Gasteiger partial charge in [0.25, 0.3) is 11.7 Å². The molecule has 2 aromatic rings. The van der Waals surface area contributed by atoms with Crippen LogP contribution in [0.15, 0.2) is 24.4 Å². The van der Waals surface area contributed by atoms with Crippen LogP contribution in [0.5, 0.6) is 0 Å². The van der Waals surface area contributed by atoms with Crippen LogP contribution in [-0.2, 0) is 18.4 Å². The molecule has 20 heavy (non-hydrogen) atoms. The van der Waals surface area contributed by atoms with E-state index in [1.54, 1.807) is 24.0 Å². The minimum atomic E-state index is -0.794. The Morgan fingerprint density at radius 2 is 2.05 bits per heavy atom. The monoisotopic (exact) mass is 293 g/mol. The molecular formula is C13H9ClFN3O2. The molecule has 0 saturated carbocycles. The molecule has 3 rings (SSSR count). The van der Waals surface area contributed by atoms with E-state index in [0.29, 0.717) is 5.69 Å². The number of rotatable bonds is 2. The van der Waals surface area contributed by atoms with Gasteiger partial charge in [0.1, 0.15) is 5.82 Å². The van der Waals surface area contributed by atoms with Crippen LogP contribution in [-0.4, -0.2) is 21.5 Å². The minimum absolute atomic E-state index is 0.0235. The zero-order chi connectivity index (χ0) is 14.4. The minimum Gasteiger partial charge on any atom is -0.296 e. The smallest absolute Gasteiger partial charge is 0.296 e. The molecule has 0 aliphatic carbocycles. The summed E-state index contributed by atoms with van der Waals surface area (Å²) in [5.74, 6) is -2.24. The number of hydrogen-bond donors (Lipinski definition) is 0. The molecule has 0 fully saturated rings. The van der Waals surface area contributed by atoms with Crippen LogP contribution in [0, 0.1) is 5.82 Å². The van der Waals surface area contributed by atoms with E-state index in [2.05, 4.69) is 5.10 Å². The third-order valence-corrected chi connectivity index (χ3v) is 3.42. The van der Waals surface area contributed by atoms with Gasteiger partial charge in [-0.2, -0.15) is 5.10 Å². The fourth-order valence-corrected chi connectivity index (χ4v) is 2.45. The summed E-state index contributed by atoms with van der Waals surface area (Å²) < 4.78 is 15.5. The van der Waals surface area contributed by atoms with E-state index in [1.165, 1.54) is 6.07 Å². The Bertz CT molecular complexity index is 741. The van der Waals surface area contributed by atoms with Gasteiger partial charge in [0.2, 0.25) is 0 Å². The normalized spacial score (nSPS) is 14.1. The Labute approximate surface area is 118 Å². The van der Waals surface area contributed by atoms with Crippen LogP contribution in [0.25, 0.3) is 0 Å². The van der Waals surface area contributed by atoms with E-state index >= 15 is 0 Å². The molecule has 102 valence electrons. The number of halogens is 2. The van der Waals surface area contributed by atoms with Crippen molar-refractivity contribution in [2.24, 2.45) is 7.05 Å². The Balaban J connectivity index is 2.08. The lowest BCUT2D eigenvalue weighted by Gasteiger charge is -2.15. The summed E-state index contributed by atoms with van der Waals surface area (Å²) >= 11 is 5.89. The van der Waals surface area contributed by atoms with Crippen molar-refractivity contribution in [2.75, 3.05) is 4.90 Å².